The van der Waals surface area contributed by atoms with Crippen LogP contribution in [0.15, 0.2) is 29.2 Å². The molecule has 1 saturated carbocycles. The summed E-state index contributed by atoms with van der Waals surface area (Å²) in [6, 6.07) is 5.15. The van der Waals surface area contributed by atoms with E-state index in [-0.39, 0.29) is 10.4 Å². The van der Waals surface area contributed by atoms with Gasteiger partial charge in [-0.1, -0.05) is 25.3 Å². The van der Waals surface area contributed by atoms with Gasteiger partial charge in [0.05, 0.1) is 18.1 Å². The van der Waals surface area contributed by atoms with Crippen molar-refractivity contribution >= 4 is 10.0 Å². The lowest BCUT2D eigenvalue weighted by molar-refractivity contribution is -0.0348. The molecule has 1 saturated heterocycles. The number of morpholine rings is 1. The van der Waals surface area contributed by atoms with Crippen LogP contribution in [0.25, 0.3) is 0 Å². The SMILES string of the molecule is O=S(=O)(NCC1(N2CCOCC2)CCCCC1)c1cccc(F)c1. The first kappa shape index (κ1) is 17.8. The van der Waals surface area contributed by atoms with Crippen LogP contribution in [0, 0.1) is 5.82 Å². The van der Waals surface area contributed by atoms with Crippen molar-refractivity contribution in [3.63, 3.8) is 0 Å². The van der Waals surface area contributed by atoms with Crippen LogP contribution >= 0.6 is 0 Å². The Kier molecular flexibility index (Phi) is 5.54. The highest BCUT2D eigenvalue weighted by molar-refractivity contribution is 7.89. The molecule has 0 amide bonds. The van der Waals surface area contributed by atoms with Crippen LogP contribution in [0.3, 0.4) is 0 Å². The fraction of sp³-hybridized carbons (Fsp3) is 0.647. The van der Waals surface area contributed by atoms with Crippen LogP contribution in [0.5, 0.6) is 0 Å². The number of sulfonamides is 1. The van der Waals surface area contributed by atoms with Gasteiger partial charge in [0, 0.05) is 25.2 Å². The zero-order chi connectivity index (χ0) is 17.0. The van der Waals surface area contributed by atoms with E-state index in [1.165, 1.54) is 24.6 Å². The van der Waals surface area contributed by atoms with Crippen LogP contribution in [0.2, 0.25) is 0 Å². The Balaban J connectivity index is 1.75. The molecule has 2 aliphatic rings. The summed E-state index contributed by atoms with van der Waals surface area (Å²) >= 11 is 0. The molecule has 24 heavy (non-hydrogen) atoms. The maximum absolute atomic E-state index is 13.3. The van der Waals surface area contributed by atoms with Gasteiger partial charge in [0.15, 0.2) is 0 Å². The van der Waals surface area contributed by atoms with Gasteiger partial charge in [-0.3, -0.25) is 4.90 Å². The van der Waals surface area contributed by atoms with Gasteiger partial charge >= 0.3 is 0 Å². The average Bonchev–Trinajstić information content (AvgIpc) is 2.62. The van der Waals surface area contributed by atoms with Gasteiger partial charge < -0.3 is 4.74 Å². The predicted octanol–water partition coefficient (Wildman–Crippen LogP) is 2.14. The minimum absolute atomic E-state index is 0.0181. The molecule has 0 bridgehead atoms. The molecule has 0 unspecified atom stereocenters. The summed E-state index contributed by atoms with van der Waals surface area (Å²) in [5.41, 5.74) is -0.150. The Hall–Kier alpha value is -1.02. The van der Waals surface area contributed by atoms with Crippen molar-refractivity contribution in [2.45, 2.75) is 42.5 Å². The Morgan fingerprint density at radius 3 is 2.54 bits per heavy atom. The van der Waals surface area contributed by atoms with Gasteiger partial charge in [-0.05, 0) is 31.0 Å². The van der Waals surface area contributed by atoms with E-state index in [2.05, 4.69) is 9.62 Å². The molecule has 0 radical (unpaired) electrons. The molecular formula is C17H25FN2O3S. The van der Waals surface area contributed by atoms with Crippen molar-refractivity contribution in [2.75, 3.05) is 32.8 Å². The molecule has 0 aromatic heterocycles. The highest BCUT2D eigenvalue weighted by Crippen LogP contribution is 2.34. The van der Waals surface area contributed by atoms with Gasteiger partial charge in [-0.25, -0.2) is 17.5 Å². The third-order valence-electron chi connectivity index (χ3n) is 5.16. The maximum atomic E-state index is 13.3. The number of hydrogen-bond donors (Lipinski definition) is 1. The number of ether oxygens (including phenoxy) is 1. The average molecular weight is 356 g/mol. The first-order valence-electron chi connectivity index (χ1n) is 8.60. The minimum atomic E-state index is -3.71. The van der Waals surface area contributed by atoms with E-state index < -0.39 is 15.8 Å². The highest BCUT2D eigenvalue weighted by atomic mass is 32.2. The van der Waals surface area contributed by atoms with E-state index >= 15 is 0 Å². The van der Waals surface area contributed by atoms with E-state index in [9.17, 15) is 12.8 Å². The van der Waals surface area contributed by atoms with Gasteiger partial charge in [0.2, 0.25) is 10.0 Å². The molecule has 134 valence electrons. The molecular weight excluding hydrogens is 331 g/mol. The minimum Gasteiger partial charge on any atom is -0.379 e. The summed E-state index contributed by atoms with van der Waals surface area (Å²) in [5, 5.41) is 0. The number of benzene rings is 1. The smallest absolute Gasteiger partial charge is 0.240 e. The second kappa shape index (κ2) is 7.47. The van der Waals surface area contributed by atoms with Crippen LogP contribution in [0.1, 0.15) is 32.1 Å². The quantitative estimate of drug-likeness (QED) is 0.878. The summed E-state index contributed by atoms with van der Waals surface area (Å²) in [7, 11) is -3.71. The lowest BCUT2D eigenvalue weighted by Gasteiger charge is -2.48. The molecule has 0 atom stereocenters. The van der Waals surface area contributed by atoms with Crippen LogP contribution in [0.4, 0.5) is 4.39 Å². The van der Waals surface area contributed by atoms with Gasteiger partial charge in [0.1, 0.15) is 5.82 Å². The molecule has 0 spiro atoms. The van der Waals surface area contributed by atoms with E-state index in [1.807, 2.05) is 0 Å². The monoisotopic (exact) mass is 356 g/mol. The van der Waals surface area contributed by atoms with E-state index in [0.29, 0.717) is 19.8 Å². The van der Waals surface area contributed by atoms with Crippen LogP contribution < -0.4 is 4.72 Å². The largest absolute Gasteiger partial charge is 0.379 e. The molecule has 1 aromatic rings. The molecule has 7 heteroatoms. The summed E-state index contributed by atoms with van der Waals surface area (Å²) in [4.78, 5) is 2.36. The molecule has 1 aliphatic heterocycles. The van der Waals surface area contributed by atoms with Crippen molar-refractivity contribution in [1.82, 2.24) is 9.62 Å². The first-order valence-corrected chi connectivity index (χ1v) is 10.1. The summed E-state index contributed by atoms with van der Waals surface area (Å²) in [5.74, 6) is -0.543. The summed E-state index contributed by atoms with van der Waals surface area (Å²) in [6.45, 7) is 3.42. The van der Waals surface area contributed by atoms with E-state index in [4.69, 9.17) is 4.74 Å². The number of nitrogens with one attached hydrogen (secondary N) is 1. The third-order valence-corrected chi connectivity index (χ3v) is 6.56. The van der Waals surface area contributed by atoms with Crippen LogP contribution in [-0.2, 0) is 14.8 Å². The van der Waals surface area contributed by atoms with Crippen molar-refractivity contribution in [1.29, 1.82) is 0 Å². The first-order chi connectivity index (χ1) is 11.5. The van der Waals surface area contributed by atoms with Crippen molar-refractivity contribution in [3.05, 3.63) is 30.1 Å². The predicted molar refractivity (Wildman–Crippen MR) is 89.8 cm³/mol. The number of nitrogens with zero attached hydrogens (tertiary/aromatic N) is 1. The van der Waals surface area contributed by atoms with Gasteiger partial charge in [-0.2, -0.15) is 0 Å². The molecule has 1 heterocycles. The highest BCUT2D eigenvalue weighted by Gasteiger charge is 2.39. The molecule has 2 fully saturated rings. The number of halogens is 1. The number of rotatable bonds is 5. The second-order valence-electron chi connectivity index (χ2n) is 6.67. The number of hydrogen-bond acceptors (Lipinski definition) is 4. The zero-order valence-electron chi connectivity index (χ0n) is 13.8. The molecule has 1 N–H and O–H groups in total. The lowest BCUT2D eigenvalue weighted by atomic mass is 9.80. The van der Waals surface area contributed by atoms with Crippen molar-refractivity contribution < 1.29 is 17.5 Å². The topological polar surface area (TPSA) is 58.6 Å². The van der Waals surface area contributed by atoms with Gasteiger partial charge in [-0.15, -0.1) is 0 Å². The van der Waals surface area contributed by atoms with E-state index in [0.717, 1.165) is 44.8 Å². The molecule has 1 aliphatic carbocycles. The molecule has 5 nitrogen and oxygen atoms in total. The van der Waals surface area contributed by atoms with Crippen molar-refractivity contribution in [3.8, 4) is 0 Å². The Morgan fingerprint density at radius 1 is 1.17 bits per heavy atom. The fourth-order valence-corrected chi connectivity index (χ4v) is 4.95. The Bertz CT molecular complexity index is 654. The molecule has 3 rings (SSSR count). The molecule has 1 aromatic carbocycles. The van der Waals surface area contributed by atoms with Crippen LogP contribution in [-0.4, -0.2) is 51.7 Å². The Labute approximate surface area is 143 Å². The summed E-state index contributed by atoms with van der Waals surface area (Å²) < 4.78 is 46.6. The van der Waals surface area contributed by atoms with E-state index in [1.54, 1.807) is 0 Å². The summed E-state index contributed by atoms with van der Waals surface area (Å²) in [6.07, 6.45) is 5.39. The maximum Gasteiger partial charge on any atom is 0.240 e. The van der Waals surface area contributed by atoms with Gasteiger partial charge in [0.25, 0.3) is 0 Å². The standard InChI is InChI=1S/C17H25FN2O3S/c18-15-5-4-6-16(13-15)24(21,22)19-14-17(7-2-1-3-8-17)20-9-11-23-12-10-20/h4-6,13,19H,1-3,7-12,14H2. The Morgan fingerprint density at radius 2 is 1.88 bits per heavy atom. The zero-order valence-corrected chi connectivity index (χ0v) is 14.7. The fourth-order valence-electron chi connectivity index (χ4n) is 3.80. The van der Waals surface area contributed by atoms with Crippen molar-refractivity contribution in [2.24, 2.45) is 0 Å². The lowest BCUT2D eigenvalue weighted by Crippen LogP contribution is -2.59. The second-order valence-corrected chi connectivity index (χ2v) is 8.43. The normalized spacial score (nSPS) is 22.4. The third kappa shape index (κ3) is 3.96.